The van der Waals surface area contributed by atoms with E-state index in [0.29, 0.717) is 18.8 Å². The van der Waals surface area contributed by atoms with Crippen LogP contribution >= 0.6 is 0 Å². The number of nitrogens with zero attached hydrogens (tertiary/aromatic N) is 1. The number of aromatic nitrogens is 3. The van der Waals surface area contributed by atoms with Crippen LogP contribution < -0.4 is 10.1 Å². The van der Waals surface area contributed by atoms with E-state index in [-0.39, 0.29) is 5.91 Å². The Bertz CT molecular complexity index is 1110. The molecule has 4 rings (SSSR count). The lowest BCUT2D eigenvalue weighted by Gasteiger charge is -2.06. The Morgan fingerprint density at radius 2 is 1.93 bits per heavy atom. The van der Waals surface area contributed by atoms with Gasteiger partial charge in [0.05, 0.1) is 5.69 Å². The number of nitrogens with one attached hydrogen (secondary N) is 3. The van der Waals surface area contributed by atoms with Crippen molar-refractivity contribution in [2.24, 2.45) is 0 Å². The lowest BCUT2D eigenvalue weighted by molar-refractivity contribution is 0.0950. The van der Waals surface area contributed by atoms with Gasteiger partial charge in [-0.05, 0) is 49.6 Å². The largest absolute Gasteiger partial charge is 0.489 e. The van der Waals surface area contributed by atoms with Gasteiger partial charge in [-0.2, -0.15) is 5.10 Å². The van der Waals surface area contributed by atoms with Crippen LogP contribution in [0.5, 0.6) is 5.75 Å². The van der Waals surface area contributed by atoms with Crippen molar-refractivity contribution in [3.05, 3.63) is 82.8 Å². The van der Waals surface area contributed by atoms with Gasteiger partial charge in [-0.1, -0.05) is 30.3 Å². The third-order valence-corrected chi connectivity index (χ3v) is 5.03. The summed E-state index contributed by atoms with van der Waals surface area (Å²) in [5.41, 5.74) is 5.71. The maximum atomic E-state index is 12.5. The summed E-state index contributed by atoms with van der Waals surface area (Å²) < 4.78 is 5.87. The lowest BCUT2D eigenvalue weighted by atomic mass is 10.1. The van der Waals surface area contributed by atoms with Crippen LogP contribution in [0.1, 0.15) is 33.0 Å². The highest BCUT2D eigenvalue weighted by molar-refractivity contribution is 5.98. The number of rotatable bonds is 7. The Balaban J connectivity index is 1.38. The fraction of sp³-hybridized carbons (Fsp3) is 0.217. The Morgan fingerprint density at radius 1 is 1.10 bits per heavy atom. The molecule has 0 atom stereocenters. The number of hydrogen-bond donors (Lipinski definition) is 3. The smallest absolute Gasteiger partial charge is 0.267 e. The number of fused-ring (bicyclic) bond motifs is 1. The minimum absolute atomic E-state index is 0.119. The molecule has 2 heterocycles. The molecular formula is C23H24N4O2. The highest BCUT2D eigenvalue weighted by Gasteiger charge is 2.11. The minimum Gasteiger partial charge on any atom is -0.489 e. The monoisotopic (exact) mass is 388 g/mol. The number of aryl methyl sites for hydroxylation is 2. The predicted octanol–water partition coefficient (Wildman–Crippen LogP) is 4.06. The standard InChI is InChI=1S/C23H24N4O2/c1-15-20(16(2)27-26-15)10-11-24-23(28)22-12-18-8-9-19(13-21(18)25-22)29-14-17-6-4-3-5-7-17/h3-9,12-13,25H,10-11,14H2,1-2H3,(H,24,28)(H,26,27). The number of aromatic amines is 2. The van der Waals surface area contributed by atoms with E-state index in [9.17, 15) is 4.79 Å². The molecule has 2 aromatic heterocycles. The Kier molecular flexibility index (Phi) is 5.33. The number of amides is 1. The average molecular weight is 388 g/mol. The highest BCUT2D eigenvalue weighted by atomic mass is 16.5. The van der Waals surface area contributed by atoms with Gasteiger partial charge in [0.1, 0.15) is 18.1 Å². The van der Waals surface area contributed by atoms with E-state index in [1.165, 1.54) is 0 Å². The molecule has 4 aromatic rings. The van der Waals surface area contributed by atoms with Gasteiger partial charge in [-0.15, -0.1) is 0 Å². The first-order valence-corrected chi connectivity index (χ1v) is 9.68. The molecule has 0 aliphatic rings. The van der Waals surface area contributed by atoms with E-state index in [0.717, 1.165) is 45.6 Å². The first-order chi connectivity index (χ1) is 14.1. The molecule has 0 spiro atoms. The van der Waals surface area contributed by atoms with Gasteiger partial charge in [0.15, 0.2) is 0 Å². The molecular weight excluding hydrogens is 364 g/mol. The second-order valence-electron chi connectivity index (χ2n) is 7.12. The fourth-order valence-electron chi connectivity index (χ4n) is 3.40. The predicted molar refractivity (Wildman–Crippen MR) is 113 cm³/mol. The van der Waals surface area contributed by atoms with Crippen molar-refractivity contribution in [1.82, 2.24) is 20.5 Å². The number of hydrogen-bond acceptors (Lipinski definition) is 3. The molecule has 6 nitrogen and oxygen atoms in total. The summed E-state index contributed by atoms with van der Waals surface area (Å²) >= 11 is 0. The van der Waals surface area contributed by atoms with Crippen LogP contribution in [0.25, 0.3) is 10.9 Å². The fourth-order valence-corrected chi connectivity index (χ4v) is 3.40. The van der Waals surface area contributed by atoms with E-state index < -0.39 is 0 Å². The maximum Gasteiger partial charge on any atom is 0.267 e. The molecule has 29 heavy (non-hydrogen) atoms. The van der Waals surface area contributed by atoms with E-state index in [2.05, 4.69) is 20.5 Å². The van der Waals surface area contributed by atoms with Gasteiger partial charge in [-0.25, -0.2) is 0 Å². The second-order valence-corrected chi connectivity index (χ2v) is 7.12. The van der Waals surface area contributed by atoms with Gasteiger partial charge in [-0.3, -0.25) is 9.89 Å². The molecule has 1 amide bonds. The number of carbonyl (C=O) groups is 1. The van der Waals surface area contributed by atoms with Gasteiger partial charge >= 0.3 is 0 Å². The summed E-state index contributed by atoms with van der Waals surface area (Å²) in [6, 6.07) is 17.7. The summed E-state index contributed by atoms with van der Waals surface area (Å²) in [4.78, 5) is 15.7. The molecule has 0 aliphatic carbocycles. The van der Waals surface area contributed by atoms with Crippen molar-refractivity contribution in [1.29, 1.82) is 0 Å². The number of ether oxygens (including phenoxy) is 1. The molecule has 0 saturated heterocycles. The maximum absolute atomic E-state index is 12.5. The van der Waals surface area contributed by atoms with Crippen LogP contribution in [0.4, 0.5) is 0 Å². The molecule has 3 N–H and O–H groups in total. The van der Waals surface area contributed by atoms with Gasteiger partial charge in [0.25, 0.3) is 5.91 Å². The molecule has 148 valence electrons. The lowest BCUT2D eigenvalue weighted by Crippen LogP contribution is -2.26. The van der Waals surface area contributed by atoms with Crippen LogP contribution in [0.2, 0.25) is 0 Å². The highest BCUT2D eigenvalue weighted by Crippen LogP contribution is 2.22. The van der Waals surface area contributed by atoms with Crippen molar-refractivity contribution in [2.45, 2.75) is 26.9 Å². The zero-order valence-corrected chi connectivity index (χ0v) is 16.6. The first kappa shape index (κ1) is 18.8. The third kappa shape index (κ3) is 4.32. The van der Waals surface area contributed by atoms with Crippen LogP contribution in [0.3, 0.4) is 0 Å². The van der Waals surface area contributed by atoms with Crippen molar-refractivity contribution in [3.63, 3.8) is 0 Å². The van der Waals surface area contributed by atoms with Crippen LogP contribution in [0.15, 0.2) is 54.6 Å². The molecule has 0 saturated carbocycles. The summed E-state index contributed by atoms with van der Waals surface area (Å²) in [6.45, 7) is 5.02. The number of benzene rings is 2. The molecule has 0 bridgehead atoms. The number of carbonyl (C=O) groups excluding carboxylic acids is 1. The third-order valence-electron chi connectivity index (χ3n) is 5.03. The molecule has 2 aromatic carbocycles. The minimum atomic E-state index is -0.119. The molecule has 6 heteroatoms. The second kappa shape index (κ2) is 8.22. The zero-order chi connectivity index (χ0) is 20.2. The van der Waals surface area contributed by atoms with Gasteiger partial charge in [0.2, 0.25) is 0 Å². The Labute approximate surface area is 169 Å². The van der Waals surface area contributed by atoms with Crippen LogP contribution in [-0.4, -0.2) is 27.6 Å². The zero-order valence-electron chi connectivity index (χ0n) is 16.6. The van der Waals surface area contributed by atoms with Crippen molar-refractivity contribution >= 4 is 16.8 Å². The SMILES string of the molecule is Cc1n[nH]c(C)c1CCNC(=O)c1cc2ccc(OCc3ccccc3)cc2[nH]1. The summed E-state index contributed by atoms with van der Waals surface area (Å²) in [5, 5.41) is 11.1. The van der Waals surface area contributed by atoms with Crippen LogP contribution in [-0.2, 0) is 13.0 Å². The number of H-pyrrole nitrogens is 2. The summed E-state index contributed by atoms with van der Waals surface area (Å²) in [5.74, 6) is 0.646. The summed E-state index contributed by atoms with van der Waals surface area (Å²) in [7, 11) is 0. The van der Waals surface area contributed by atoms with E-state index in [1.54, 1.807) is 0 Å². The Hall–Kier alpha value is -3.54. The van der Waals surface area contributed by atoms with E-state index in [4.69, 9.17) is 4.74 Å². The molecule has 0 fully saturated rings. The van der Waals surface area contributed by atoms with Crippen molar-refractivity contribution < 1.29 is 9.53 Å². The topological polar surface area (TPSA) is 82.8 Å². The Morgan fingerprint density at radius 3 is 2.69 bits per heavy atom. The normalized spacial score (nSPS) is 11.0. The molecule has 0 aliphatic heterocycles. The van der Waals surface area contributed by atoms with Crippen LogP contribution in [0, 0.1) is 13.8 Å². The van der Waals surface area contributed by atoms with Crippen molar-refractivity contribution in [3.8, 4) is 5.75 Å². The molecule has 0 radical (unpaired) electrons. The molecule has 0 unspecified atom stereocenters. The summed E-state index contributed by atoms with van der Waals surface area (Å²) in [6.07, 6.45) is 0.748. The van der Waals surface area contributed by atoms with E-state index in [1.807, 2.05) is 68.4 Å². The average Bonchev–Trinajstić information content (AvgIpc) is 3.30. The van der Waals surface area contributed by atoms with Gasteiger partial charge < -0.3 is 15.0 Å². The first-order valence-electron chi connectivity index (χ1n) is 9.68. The van der Waals surface area contributed by atoms with Gasteiger partial charge in [0, 0.05) is 29.2 Å². The van der Waals surface area contributed by atoms with Crippen molar-refractivity contribution in [2.75, 3.05) is 6.54 Å². The van der Waals surface area contributed by atoms with E-state index >= 15 is 0 Å². The quantitative estimate of drug-likeness (QED) is 0.446.